The standard InChI is InChI=1S/C28H37ClO7/c1-6-7-24(34)35-15-23(33)28(36-17(3)30)16(2)12-21-20-9-8-18-13-19(31)10-11-25(18,4)27(20,29)22(32)14-26(21,28)5/h10-11,13,16,20-22,32H,6-9,12,14-15H2,1-5H3/t16-,20+,21+,22+,25+,26+,27+,28-/m1/s1. The Balaban J connectivity index is 1.77. The summed E-state index contributed by atoms with van der Waals surface area (Å²) in [5.41, 5.74) is -2.27. The molecule has 0 spiro atoms. The van der Waals surface area contributed by atoms with Crippen LogP contribution < -0.4 is 0 Å². The smallest absolute Gasteiger partial charge is 0.306 e. The van der Waals surface area contributed by atoms with Crippen molar-refractivity contribution in [2.75, 3.05) is 6.61 Å². The van der Waals surface area contributed by atoms with E-state index in [1.54, 1.807) is 6.08 Å². The van der Waals surface area contributed by atoms with E-state index in [4.69, 9.17) is 21.1 Å². The molecule has 4 aliphatic carbocycles. The number of aliphatic hydroxyl groups is 1. The number of rotatable bonds is 6. The van der Waals surface area contributed by atoms with Crippen molar-refractivity contribution < 1.29 is 33.8 Å². The number of Topliss-reactive ketones (excluding diaryl/α,β-unsaturated/α-hetero) is 1. The molecule has 0 aromatic heterocycles. The zero-order valence-electron chi connectivity index (χ0n) is 21.8. The van der Waals surface area contributed by atoms with Crippen LogP contribution in [-0.2, 0) is 28.7 Å². The number of aliphatic hydroxyl groups excluding tert-OH is 1. The molecule has 0 aromatic carbocycles. The van der Waals surface area contributed by atoms with Crippen molar-refractivity contribution in [3.05, 3.63) is 23.8 Å². The van der Waals surface area contributed by atoms with Gasteiger partial charge in [-0.15, -0.1) is 11.6 Å². The van der Waals surface area contributed by atoms with Crippen molar-refractivity contribution in [3.63, 3.8) is 0 Å². The van der Waals surface area contributed by atoms with Crippen LogP contribution in [0.5, 0.6) is 0 Å². The van der Waals surface area contributed by atoms with E-state index in [9.17, 15) is 24.3 Å². The molecule has 4 rings (SSSR count). The molecule has 198 valence electrons. The van der Waals surface area contributed by atoms with E-state index in [-0.39, 0.29) is 36.4 Å². The first-order valence-corrected chi connectivity index (χ1v) is 13.4. The van der Waals surface area contributed by atoms with Gasteiger partial charge in [-0.1, -0.05) is 39.3 Å². The number of carbonyl (C=O) groups excluding carboxylic acids is 4. The normalized spacial score (nSPS) is 43.1. The van der Waals surface area contributed by atoms with E-state index in [0.717, 1.165) is 5.57 Å². The Kier molecular flexibility index (Phi) is 6.83. The highest BCUT2D eigenvalue weighted by Crippen LogP contribution is 2.72. The lowest BCUT2D eigenvalue weighted by Gasteiger charge is -2.64. The minimum absolute atomic E-state index is 0.0806. The predicted octanol–water partition coefficient (Wildman–Crippen LogP) is 4.09. The van der Waals surface area contributed by atoms with Gasteiger partial charge < -0.3 is 14.6 Å². The molecule has 0 radical (unpaired) electrons. The Labute approximate surface area is 217 Å². The van der Waals surface area contributed by atoms with E-state index in [1.807, 2.05) is 33.8 Å². The number of hydrogen-bond donors (Lipinski definition) is 1. The largest absolute Gasteiger partial charge is 0.457 e. The third-order valence-electron chi connectivity index (χ3n) is 9.72. The van der Waals surface area contributed by atoms with E-state index >= 15 is 0 Å². The molecule has 0 bridgehead atoms. The van der Waals surface area contributed by atoms with Crippen molar-refractivity contribution >= 4 is 35.1 Å². The second kappa shape index (κ2) is 9.09. The van der Waals surface area contributed by atoms with Gasteiger partial charge in [0, 0.05) is 30.1 Å². The first-order valence-electron chi connectivity index (χ1n) is 13.0. The maximum Gasteiger partial charge on any atom is 0.306 e. The lowest BCUT2D eigenvalue weighted by molar-refractivity contribution is -0.202. The van der Waals surface area contributed by atoms with Crippen molar-refractivity contribution in [1.82, 2.24) is 0 Å². The maximum atomic E-state index is 13.8. The van der Waals surface area contributed by atoms with Crippen LogP contribution in [0.3, 0.4) is 0 Å². The molecule has 3 saturated carbocycles. The number of ether oxygens (including phenoxy) is 2. The summed E-state index contributed by atoms with van der Waals surface area (Å²) in [6.45, 7) is 8.40. The van der Waals surface area contributed by atoms with Crippen molar-refractivity contribution in [2.45, 2.75) is 89.7 Å². The van der Waals surface area contributed by atoms with Gasteiger partial charge in [-0.05, 0) is 56.1 Å². The van der Waals surface area contributed by atoms with Crippen LogP contribution in [0.2, 0.25) is 0 Å². The summed E-state index contributed by atoms with van der Waals surface area (Å²) in [5.74, 6) is -2.30. The number of allylic oxidation sites excluding steroid dienone is 4. The van der Waals surface area contributed by atoms with Gasteiger partial charge in [0.1, 0.15) is 0 Å². The Morgan fingerprint density at radius 3 is 2.56 bits per heavy atom. The number of esters is 2. The maximum absolute atomic E-state index is 13.8. The molecule has 0 aromatic rings. The predicted molar refractivity (Wildman–Crippen MR) is 133 cm³/mol. The van der Waals surface area contributed by atoms with Gasteiger partial charge in [-0.25, -0.2) is 0 Å². The third kappa shape index (κ3) is 3.56. The molecular formula is C28H37ClO7. The van der Waals surface area contributed by atoms with Gasteiger partial charge in [0.15, 0.2) is 18.0 Å². The zero-order chi connectivity index (χ0) is 26.7. The van der Waals surface area contributed by atoms with E-state index in [0.29, 0.717) is 25.7 Å². The highest BCUT2D eigenvalue weighted by molar-refractivity contribution is 6.26. The van der Waals surface area contributed by atoms with Crippen LogP contribution >= 0.6 is 11.6 Å². The lowest BCUT2D eigenvalue weighted by atomic mass is 9.45. The molecule has 7 nitrogen and oxygen atoms in total. The van der Waals surface area contributed by atoms with Crippen LogP contribution in [0.25, 0.3) is 0 Å². The molecule has 3 fully saturated rings. The molecule has 0 heterocycles. The van der Waals surface area contributed by atoms with Crippen molar-refractivity contribution in [2.24, 2.45) is 28.6 Å². The summed E-state index contributed by atoms with van der Waals surface area (Å²) < 4.78 is 11.2. The molecule has 4 aliphatic rings. The van der Waals surface area contributed by atoms with Gasteiger partial charge in [-0.2, -0.15) is 0 Å². The molecule has 36 heavy (non-hydrogen) atoms. The summed E-state index contributed by atoms with van der Waals surface area (Å²) in [6.07, 6.45) is 6.74. The summed E-state index contributed by atoms with van der Waals surface area (Å²) in [4.78, 5) is 49.3. The van der Waals surface area contributed by atoms with Crippen LogP contribution in [0.1, 0.15) is 73.1 Å². The second-order valence-corrected chi connectivity index (χ2v) is 12.2. The number of hydrogen-bond acceptors (Lipinski definition) is 7. The molecule has 8 atom stereocenters. The minimum Gasteiger partial charge on any atom is -0.457 e. The first-order chi connectivity index (χ1) is 16.8. The average molecular weight is 521 g/mol. The highest BCUT2D eigenvalue weighted by atomic mass is 35.5. The molecule has 8 heteroatoms. The fourth-order valence-electron chi connectivity index (χ4n) is 8.16. The molecule has 0 amide bonds. The van der Waals surface area contributed by atoms with Crippen LogP contribution in [0, 0.1) is 28.6 Å². The third-order valence-corrected chi connectivity index (χ3v) is 10.6. The van der Waals surface area contributed by atoms with Crippen LogP contribution in [0.4, 0.5) is 0 Å². The van der Waals surface area contributed by atoms with Crippen molar-refractivity contribution in [1.29, 1.82) is 0 Å². The number of alkyl halides is 1. The minimum atomic E-state index is -1.55. The van der Waals surface area contributed by atoms with Gasteiger partial charge in [0.25, 0.3) is 0 Å². The molecule has 1 N–H and O–H groups in total. The highest BCUT2D eigenvalue weighted by Gasteiger charge is 2.76. The Hall–Kier alpha value is -1.99. The Morgan fingerprint density at radius 1 is 1.22 bits per heavy atom. The van der Waals surface area contributed by atoms with E-state index < -0.39 is 51.7 Å². The molecule has 0 unspecified atom stereocenters. The molecular weight excluding hydrogens is 484 g/mol. The quantitative estimate of drug-likeness (QED) is 0.415. The lowest BCUT2D eigenvalue weighted by Crippen LogP contribution is -2.69. The number of halogens is 1. The number of carbonyl (C=O) groups is 4. The summed E-state index contributed by atoms with van der Waals surface area (Å²) >= 11 is 7.47. The fraction of sp³-hybridized carbons (Fsp3) is 0.714. The Bertz CT molecular complexity index is 1050. The SMILES string of the molecule is CCCC(=O)OCC(=O)[C@]1(OC(C)=O)[C@H](C)C[C@H]2[C@@H]3CCC4=CC(=O)C=C[C@]4(C)[C@@]3(Cl)[C@@H](O)C[C@@]21C. The van der Waals surface area contributed by atoms with E-state index in [2.05, 4.69) is 0 Å². The summed E-state index contributed by atoms with van der Waals surface area (Å²) in [5, 5.41) is 11.8. The summed E-state index contributed by atoms with van der Waals surface area (Å²) in [6, 6.07) is 0. The monoisotopic (exact) mass is 520 g/mol. The zero-order valence-corrected chi connectivity index (χ0v) is 22.5. The molecule has 0 saturated heterocycles. The Morgan fingerprint density at radius 2 is 1.92 bits per heavy atom. The topological polar surface area (TPSA) is 107 Å². The van der Waals surface area contributed by atoms with E-state index in [1.165, 1.54) is 13.0 Å². The average Bonchev–Trinajstić information content (AvgIpc) is 3.01. The van der Waals surface area contributed by atoms with Crippen LogP contribution in [-0.4, -0.2) is 51.8 Å². The first kappa shape index (κ1) is 27.1. The van der Waals surface area contributed by atoms with Crippen molar-refractivity contribution in [3.8, 4) is 0 Å². The van der Waals surface area contributed by atoms with Gasteiger partial charge in [0.05, 0.1) is 11.0 Å². The van der Waals surface area contributed by atoms with Crippen LogP contribution in [0.15, 0.2) is 23.8 Å². The second-order valence-electron chi connectivity index (χ2n) is 11.6. The van der Waals surface area contributed by atoms with Gasteiger partial charge in [0.2, 0.25) is 5.78 Å². The fourth-order valence-corrected chi connectivity index (χ4v) is 8.68. The summed E-state index contributed by atoms with van der Waals surface area (Å²) in [7, 11) is 0. The van der Waals surface area contributed by atoms with Gasteiger partial charge >= 0.3 is 11.9 Å². The number of ketones is 2. The number of fused-ring (bicyclic) bond motifs is 5. The van der Waals surface area contributed by atoms with Gasteiger partial charge in [-0.3, -0.25) is 19.2 Å². The molecule has 0 aliphatic heterocycles.